The molecule has 0 aliphatic rings. The molecule has 0 aliphatic heterocycles. The highest BCUT2D eigenvalue weighted by Crippen LogP contribution is 2.18. The summed E-state index contributed by atoms with van der Waals surface area (Å²) in [5, 5.41) is 2.91. The minimum atomic E-state index is -0.0612. The topological polar surface area (TPSA) is 38.3 Å². The van der Waals surface area contributed by atoms with E-state index in [9.17, 15) is 4.79 Å². The molecule has 0 radical (unpaired) electrons. The van der Waals surface area contributed by atoms with E-state index >= 15 is 0 Å². The molecule has 18 heavy (non-hydrogen) atoms. The van der Waals surface area contributed by atoms with Crippen LogP contribution in [0.25, 0.3) is 0 Å². The Labute approximate surface area is 117 Å². The van der Waals surface area contributed by atoms with Crippen molar-refractivity contribution in [2.24, 2.45) is 0 Å². The van der Waals surface area contributed by atoms with Crippen LogP contribution in [0.5, 0.6) is 5.75 Å². The molecule has 3 nitrogen and oxygen atoms in total. The van der Waals surface area contributed by atoms with Crippen LogP contribution in [0, 0.1) is 6.92 Å². The molecule has 1 aromatic carbocycles. The lowest BCUT2D eigenvalue weighted by Gasteiger charge is -2.11. The van der Waals surface area contributed by atoms with Crippen LogP contribution >= 0.6 is 15.9 Å². The number of ether oxygens (including phenoxy) is 1. The van der Waals surface area contributed by atoms with Gasteiger partial charge in [-0.15, -0.1) is 0 Å². The third-order valence-electron chi connectivity index (χ3n) is 2.76. The van der Waals surface area contributed by atoms with Gasteiger partial charge < -0.3 is 10.1 Å². The first kappa shape index (κ1) is 15.0. The number of carbonyl (C=O) groups is 1. The number of nitrogens with one attached hydrogen (secondary N) is 1. The summed E-state index contributed by atoms with van der Waals surface area (Å²) in [7, 11) is 1.61. The van der Waals surface area contributed by atoms with Gasteiger partial charge in [-0.25, -0.2) is 0 Å². The molecule has 0 saturated carbocycles. The highest BCUT2D eigenvalue weighted by molar-refractivity contribution is 9.09. The Kier molecular flexibility index (Phi) is 6.19. The molecule has 0 aromatic heterocycles. The van der Waals surface area contributed by atoms with Gasteiger partial charge in [0.1, 0.15) is 5.75 Å². The average molecular weight is 314 g/mol. The third-order valence-corrected chi connectivity index (χ3v) is 3.54. The van der Waals surface area contributed by atoms with Crippen LogP contribution < -0.4 is 10.1 Å². The zero-order valence-electron chi connectivity index (χ0n) is 11.1. The molecular formula is C14H20BrNO2. The number of amides is 1. The number of halogens is 1. The van der Waals surface area contributed by atoms with Crippen LogP contribution in [0.1, 0.15) is 35.7 Å². The highest BCUT2D eigenvalue weighted by atomic mass is 79.9. The number of rotatable bonds is 6. The molecule has 100 valence electrons. The largest absolute Gasteiger partial charge is 0.496 e. The SMILES string of the molecule is CCCC(Br)CNC(=O)c1ccc(C)c(OC)c1. The van der Waals surface area contributed by atoms with Crippen molar-refractivity contribution in [3.63, 3.8) is 0 Å². The lowest BCUT2D eigenvalue weighted by Crippen LogP contribution is -2.29. The summed E-state index contributed by atoms with van der Waals surface area (Å²) in [6, 6.07) is 5.48. The van der Waals surface area contributed by atoms with Crippen LogP contribution in [-0.2, 0) is 0 Å². The standard InChI is InChI=1S/C14H20BrNO2/c1-4-5-12(15)9-16-14(17)11-7-6-10(2)13(8-11)18-3/h6-8,12H,4-5,9H2,1-3H3,(H,16,17). The van der Waals surface area contributed by atoms with Crippen molar-refractivity contribution < 1.29 is 9.53 Å². The van der Waals surface area contributed by atoms with Gasteiger partial charge >= 0.3 is 0 Å². The van der Waals surface area contributed by atoms with Crippen molar-refractivity contribution in [1.29, 1.82) is 0 Å². The molecule has 0 bridgehead atoms. The molecule has 1 rings (SSSR count). The second-order valence-corrected chi connectivity index (χ2v) is 5.58. The molecule has 0 saturated heterocycles. The number of methoxy groups -OCH3 is 1. The van der Waals surface area contributed by atoms with Crippen molar-refractivity contribution in [2.75, 3.05) is 13.7 Å². The van der Waals surface area contributed by atoms with E-state index in [4.69, 9.17) is 4.74 Å². The molecule has 1 amide bonds. The number of hydrogen-bond acceptors (Lipinski definition) is 2. The van der Waals surface area contributed by atoms with Crippen molar-refractivity contribution in [3.8, 4) is 5.75 Å². The number of benzene rings is 1. The van der Waals surface area contributed by atoms with Gasteiger partial charge in [0.2, 0.25) is 0 Å². The van der Waals surface area contributed by atoms with E-state index in [2.05, 4.69) is 28.2 Å². The van der Waals surface area contributed by atoms with Gasteiger partial charge in [-0.3, -0.25) is 4.79 Å². The smallest absolute Gasteiger partial charge is 0.251 e. The van der Waals surface area contributed by atoms with E-state index in [-0.39, 0.29) is 5.91 Å². The van der Waals surface area contributed by atoms with E-state index < -0.39 is 0 Å². The normalized spacial score (nSPS) is 12.0. The molecule has 4 heteroatoms. The zero-order valence-corrected chi connectivity index (χ0v) is 12.7. The number of hydrogen-bond donors (Lipinski definition) is 1. The van der Waals surface area contributed by atoms with Crippen LogP contribution in [0.15, 0.2) is 18.2 Å². The average Bonchev–Trinajstić information content (AvgIpc) is 2.37. The van der Waals surface area contributed by atoms with Gasteiger partial charge in [0.05, 0.1) is 7.11 Å². The van der Waals surface area contributed by atoms with Crippen molar-refractivity contribution in [1.82, 2.24) is 5.32 Å². The summed E-state index contributed by atoms with van der Waals surface area (Å²) in [6.07, 6.45) is 2.15. The Morgan fingerprint density at radius 2 is 2.22 bits per heavy atom. The molecule has 1 aromatic rings. The van der Waals surface area contributed by atoms with Crippen molar-refractivity contribution in [3.05, 3.63) is 29.3 Å². The van der Waals surface area contributed by atoms with Crippen LogP contribution in [-0.4, -0.2) is 24.4 Å². The molecular weight excluding hydrogens is 294 g/mol. The van der Waals surface area contributed by atoms with Gasteiger partial charge in [0.15, 0.2) is 0 Å². The maximum Gasteiger partial charge on any atom is 0.251 e. The van der Waals surface area contributed by atoms with E-state index in [1.54, 1.807) is 13.2 Å². The van der Waals surface area contributed by atoms with Crippen molar-refractivity contribution in [2.45, 2.75) is 31.5 Å². The summed E-state index contributed by atoms with van der Waals surface area (Å²) in [4.78, 5) is 12.3. The predicted octanol–water partition coefficient (Wildman–Crippen LogP) is 3.30. The first-order valence-electron chi connectivity index (χ1n) is 6.15. The van der Waals surface area contributed by atoms with Crippen LogP contribution in [0.4, 0.5) is 0 Å². The summed E-state index contributed by atoms with van der Waals surface area (Å²) in [6.45, 7) is 4.72. The Morgan fingerprint density at radius 1 is 1.50 bits per heavy atom. The van der Waals surface area contributed by atoms with Crippen molar-refractivity contribution >= 4 is 21.8 Å². The molecule has 0 fully saturated rings. The fraction of sp³-hybridized carbons (Fsp3) is 0.500. The summed E-state index contributed by atoms with van der Waals surface area (Å²) < 4.78 is 5.21. The van der Waals surface area contributed by atoms with Gasteiger partial charge in [-0.05, 0) is 31.0 Å². The van der Waals surface area contributed by atoms with Gasteiger partial charge in [0.25, 0.3) is 5.91 Å². The van der Waals surface area contributed by atoms with Gasteiger partial charge in [-0.2, -0.15) is 0 Å². The second kappa shape index (κ2) is 7.41. The third kappa shape index (κ3) is 4.33. The molecule has 0 aliphatic carbocycles. The quantitative estimate of drug-likeness (QED) is 0.818. The summed E-state index contributed by atoms with van der Waals surface area (Å²) in [5.74, 6) is 0.681. The molecule has 1 N–H and O–H groups in total. The lowest BCUT2D eigenvalue weighted by molar-refractivity contribution is 0.0953. The Balaban J connectivity index is 2.61. The monoisotopic (exact) mass is 313 g/mol. The van der Waals surface area contributed by atoms with Gasteiger partial charge in [0, 0.05) is 16.9 Å². The number of carbonyl (C=O) groups excluding carboxylic acids is 1. The van der Waals surface area contributed by atoms with E-state index in [1.165, 1.54) is 0 Å². The predicted molar refractivity (Wildman–Crippen MR) is 77.7 cm³/mol. The van der Waals surface area contributed by atoms with Crippen LogP contribution in [0.2, 0.25) is 0 Å². The Bertz CT molecular complexity index is 407. The van der Waals surface area contributed by atoms with Crippen LogP contribution in [0.3, 0.4) is 0 Å². The first-order chi connectivity index (χ1) is 8.58. The van der Waals surface area contributed by atoms with E-state index in [0.29, 0.717) is 16.9 Å². The minimum Gasteiger partial charge on any atom is -0.496 e. The molecule has 1 atom stereocenters. The van der Waals surface area contributed by atoms with E-state index in [0.717, 1.165) is 24.2 Å². The molecule has 0 heterocycles. The van der Waals surface area contributed by atoms with E-state index in [1.807, 2.05) is 19.1 Å². The summed E-state index contributed by atoms with van der Waals surface area (Å²) in [5.41, 5.74) is 1.66. The molecule has 1 unspecified atom stereocenters. The maximum absolute atomic E-state index is 11.9. The zero-order chi connectivity index (χ0) is 13.5. The fourth-order valence-corrected chi connectivity index (χ4v) is 2.30. The first-order valence-corrected chi connectivity index (χ1v) is 7.07. The number of aryl methyl sites for hydroxylation is 1. The second-order valence-electron chi connectivity index (χ2n) is 4.28. The maximum atomic E-state index is 11.9. The summed E-state index contributed by atoms with van der Waals surface area (Å²) >= 11 is 3.54. The number of alkyl halides is 1. The Hall–Kier alpha value is -1.03. The molecule has 0 spiro atoms. The minimum absolute atomic E-state index is 0.0612. The lowest BCUT2D eigenvalue weighted by atomic mass is 10.1. The Morgan fingerprint density at radius 3 is 2.83 bits per heavy atom. The van der Waals surface area contributed by atoms with Gasteiger partial charge in [-0.1, -0.05) is 35.3 Å². The highest BCUT2D eigenvalue weighted by Gasteiger charge is 2.10. The fourth-order valence-electron chi connectivity index (χ4n) is 1.68.